The minimum absolute atomic E-state index is 0.0968. The van der Waals surface area contributed by atoms with Gasteiger partial charge in [-0.25, -0.2) is 0 Å². The van der Waals surface area contributed by atoms with E-state index in [1.165, 1.54) is 0 Å². The molecule has 0 fully saturated rings. The summed E-state index contributed by atoms with van der Waals surface area (Å²) >= 11 is 12.1. The average Bonchev–Trinajstić information content (AvgIpc) is 2.91. The van der Waals surface area contributed by atoms with E-state index in [1.807, 2.05) is 6.07 Å². The van der Waals surface area contributed by atoms with E-state index in [0.29, 0.717) is 46.9 Å². The molecule has 0 unspecified atom stereocenters. The smallest absolute Gasteiger partial charge is 0.220 e. The van der Waals surface area contributed by atoms with Crippen molar-refractivity contribution in [3.8, 4) is 11.5 Å². The highest BCUT2D eigenvalue weighted by Gasteiger charge is 2.16. The molecule has 1 N–H and O–H groups in total. The molecular formula is C20H19Cl2NO4. The number of ether oxygens (including phenoxy) is 2. The third-order valence-corrected chi connectivity index (χ3v) is 4.63. The lowest BCUT2D eigenvalue weighted by Gasteiger charge is -2.12. The number of carbonyl (C=O) groups is 2. The van der Waals surface area contributed by atoms with Gasteiger partial charge in [-0.2, -0.15) is 0 Å². The molecule has 0 aromatic heterocycles. The molecule has 0 spiro atoms. The van der Waals surface area contributed by atoms with Crippen LogP contribution in [0.25, 0.3) is 0 Å². The number of hydrogen-bond donors (Lipinski definition) is 1. The van der Waals surface area contributed by atoms with Gasteiger partial charge in [0, 0.05) is 36.4 Å². The predicted molar refractivity (Wildman–Crippen MR) is 104 cm³/mol. The highest BCUT2D eigenvalue weighted by atomic mass is 35.5. The molecule has 2 aromatic rings. The second-order valence-electron chi connectivity index (χ2n) is 6.16. The van der Waals surface area contributed by atoms with Crippen LogP contribution >= 0.6 is 23.2 Å². The molecule has 142 valence electrons. The average molecular weight is 408 g/mol. The van der Waals surface area contributed by atoms with E-state index in [-0.39, 0.29) is 24.5 Å². The SMILES string of the molecule is O=C(CCC(=O)c1ccc(Cl)cc1)NCc1cc(Cl)c2c(c1)OCCCO2. The van der Waals surface area contributed by atoms with E-state index in [4.69, 9.17) is 32.7 Å². The topological polar surface area (TPSA) is 64.6 Å². The van der Waals surface area contributed by atoms with Gasteiger partial charge in [0.05, 0.1) is 18.2 Å². The van der Waals surface area contributed by atoms with Crippen molar-refractivity contribution >= 4 is 34.9 Å². The summed E-state index contributed by atoms with van der Waals surface area (Å²) in [4.78, 5) is 24.2. The minimum Gasteiger partial charge on any atom is -0.489 e. The minimum atomic E-state index is -0.208. The molecule has 1 aliphatic rings. The quantitative estimate of drug-likeness (QED) is 0.719. The van der Waals surface area contributed by atoms with E-state index in [0.717, 1.165) is 12.0 Å². The number of Topliss-reactive ketones (excluding diaryl/α,β-unsaturated/α-hetero) is 1. The molecular weight excluding hydrogens is 389 g/mol. The van der Waals surface area contributed by atoms with Gasteiger partial charge in [0.2, 0.25) is 5.91 Å². The molecule has 27 heavy (non-hydrogen) atoms. The fourth-order valence-corrected chi connectivity index (χ4v) is 3.10. The zero-order valence-electron chi connectivity index (χ0n) is 14.6. The number of amides is 1. The van der Waals surface area contributed by atoms with Crippen LogP contribution in [-0.4, -0.2) is 24.9 Å². The van der Waals surface area contributed by atoms with E-state index >= 15 is 0 Å². The number of rotatable bonds is 6. The normalized spacial score (nSPS) is 13.0. The predicted octanol–water partition coefficient (Wildman–Crippen LogP) is 4.43. The number of hydrogen-bond acceptors (Lipinski definition) is 4. The Kier molecular flexibility index (Phi) is 6.58. The summed E-state index contributed by atoms with van der Waals surface area (Å²) in [6.07, 6.45) is 1.04. The number of benzene rings is 2. The van der Waals surface area contributed by atoms with Crippen LogP contribution in [-0.2, 0) is 11.3 Å². The number of nitrogens with one attached hydrogen (secondary N) is 1. The van der Waals surface area contributed by atoms with E-state index in [2.05, 4.69) is 5.32 Å². The molecule has 2 aromatic carbocycles. The van der Waals surface area contributed by atoms with Gasteiger partial charge >= 0.3 is 0 Å². The van der Waals surface area contributed by atoms with Crippen LogP contribution in [0.1, 0.15) is 35.2 Å². The molecule has 0 aliphatic carbocycles. The van der Waals surface area contributed by atoms with Crippen LogP contribution in [0, 0.1) is 0 Å². The maximum atomic E-state index is 12.1. The Hall–Kier alpha value is -2.24. The van der Waals surface area contributed by atoms with Crippen molar-refractivity contribution in [1.29, 1.82) is 0 Å². The van der Waals surface area contributed by atoms with Crippen LogP contribution in [0.5, 0.6) is 11.5 Å². The first-order chi connectivity index (χ1) is 13.0. The van der Waals surface area contributed by atoms with Crippen molar-refractivity contribution in [3.05, 3.63) is 57.6 Å². The molecule has 0 saturated carbocycles. The maximum Gasteiger partial charge on any atom is 0.220 e. The van der Waals surface area contributed by atoms with Crippen molar-refractivity contribution in [2.75, 3.05) is 13.2 Å². The first kappa shape index (κ1) is 19.5. The molecule has 0 radical (unpaired) electrons. The fourth-order valence-electron chi connectivity index (χ4n) is 2.68. The Morgan fingerprint density at radius 1 is 1.00 bits per heavy atom. The van der Waals surface area contributed by atoms with Crippen molar-refractivity contribution in [2.24, 2.45) is 0 Å². The van der Waals surface area contributed by atoms with Gasteiger partial charge in [-0.05, 0) is 42.0 Å². The first-order valence-corrected chi connectivity index (χ1v) is 9.42. The Balaban J connectivity index is 1.52. The number of halogens is 2. The molecule has 1 aliphatic heterocycles. The molecule has 5 nitrogen and oxygen atoms in total. The second kappa shape index (κ2) is 9.11. The molecule has 0 bridgehead atoms. The van der Waals surface area contributed by atoms with Gasteiger partial charge in [0.1, 0.15) is 0 Å². The van der Waals surface area contributed by atoms with Gasteiger partial charge in [-0.1, -0.05) is 23.2 Å². The van der Waals surface area contributed by atoms with E-state index in [9.17, 15) is 9.59 Å². The van der Waals surface area contributed by atoms with Gasteiger partial charge < -0.3 is 14.8 Å². The standard InChI is InChI=1S/C20H19Cl2NO4/c21-15-4-2-14(3-5-15)17(24)6-7-19(25)23-12-13-10-16(22)20-18(11-13)26-8-1-9-27-20/h2-5,10-11H,1,6-9,12H2,(H,23,25). The molecule has 0 atom stereocenters. The Morgan fingerprint density at radius 3 is 2.52 bits per heavy atom. The summed E-state index contributed by atoms with van der Waals surface area (Å²) < 4.78 is 11.2. The molecule has 3 rings (SSSR count). The van der Waals surface area contributed by atoms with Crippen LogP contribution in [0.15, 0.2) is 36.4 Å². The highest BCUT2D eigenvalue weighted by Crippen LogP contribution is 2.37. The molecule has 1 heterocycles. The summed E-state index contributed by atoms with van der Waals surface area (Å²) in [7, 11) is 0. The molecule has 7 heteroatoms. The van der Waals surface area contributed by atoms with Crippen molar-refractivity contribution < 1.29 is 19.1 Å². The van der Waals surface area contributed by atoms with Crippen molar-refractivity contribution in [2.45, 2.75) is 25.8 Å². The summed E-state index contributed by atoms with van der Waals surface area (Å²) in [5, 5.41) is 3.82. The van der Waals surface area contributed by atoms with Crippen LogP contribution in [0.2, 0.25) is 10.0 Å². The zero-order chi connectivity index (χ0) is 19.2. The number of ketones is 1. The van der Waals surface area contributed by atoms with E-state index < -0.39 is 0 Å². The Labute approximate surface area is 167 Å². The van der Waals surface area contributed by atoms with Gasteiger partial charge in [0.25, 0.3) is 0 Å². The lowest BCUT2D eigenvalue weighted by atomic mass is 10.1. The molecule has 0 saturated heterocycles. The van der Waals surface area contributed by atoms with E-state index in [1.54, 1.807) is 30.3 Å². The summed E-state index contributed by atoms with van der Waals surface area (Å²) in [5.74, 6) is 0.820. The zero-order valence-corrected chi connectivity index (χ0v) is 16.1. The lowest BCUT2D eigenvalue weighted by molar-refractivity contribution is -0.121. The second-order valence-corrected chi connectivity index (χ2v) is 7.01. The van der Waals surface area contributed by atoms with Crippen molar-refractivity contribution in [3.63, 3.8) is 0 Å². The first-order valence-electron chi connectivity index (χ1n) is 8.66. The summed E-state index contributed by atoms with van der Waals surface area (Å²) in [5.41, 5.74) is 1.35. The highest BCUT2D eigenvalue weighted by molar-refractivity contribution is 6.32. The van der Waals surface area contributed by atoms with Crippen LogP contribution < -0.4 is 14.8 Å². The Morgan fingerprint density at radius 2 is 1.74 bits per heavy atom. The van der Waals surface area contributed by atoms with Crippen LogP contribution in [0.3, 0.4) is 0 Å². The lowest BCUT2D eigenvalue weighted by Crippen LogP contribution is -2.23. The number of fused-ring (bicyclic) bond motifs is 1. The van der Waals surface area contributed by atoms with Gasteiger partial charge in [0.15, 0.2) is 17.3 Å². The third-order valence-electron chi connectivity index (χ3n) is 4.10. The fraction of sp³-hybridized carbons (Fsp3) is 0.300. The number of carbonyl (C=O) groups excluding carboxylic acids is 2. The molecule has 1 amide bonds. The van der Waals surface area contributed by atoms with Crippen molar-refractivity contribution in [1.82, 2.24) is 5.32 Å². The maximum absolute atomic E-state index is 12.1. The Bertz CT molecular complexity index is 837. The largest absolute Gasteiger partial charge is 0.489 e. The monoisotopic (exact) mass is 407 g/mol. The van der Waals surface area contributed by atoms with Crippen LogP contribution in [0.4, 0.5) is 0 Å². The third kappa shape index (κ3) is 5.37. The summed E-state index contributed by atoms with van der Waals surface area (Å²) in [6, 6.07) is 10.2. The summed E-state index contributed by atoms with van der Waals surface area (Å²) in [6.45, 7) is 1.42. The van der Waals surface area contributed by atoms with Gasteiger partial charge in [-0.3, -0.25) is 9.59 Å². The van der Waals surface area contributed by atoms with Gasteiger partial charge in [-0.15, -0.1) is 0 Å².